The van der Waals surface area contributed by atoms with Crippen LogP contribution in [0.5, 0.6) is 5.75 Å². The van der Waals surface area contributed by atoms with Gasteiger partial charge in [-0.3, -0.25) is 9.69 Å². The molecule has 30 heavy (non-hydrogen) atoms. The number of benzene rings is 2. The average Bonchev–Trinajstić information content (AvgIpc) is 3.07. The monoisotopic (exact) mass is 407 g/mol. The molecule has 1 N–H and O–H groups in total. The molecule has 158 valence electrons. The molecule has 0 radical (unpaired) electrons. The highest BCUT2D eigenvalue weighted by Crippen LogP contribution is 2.29. The maximum Gasteiger partial charge on any atom is 0.324 e. The van der Waals surface area contributed by atoms with E-state index in [1.54, 1.807) is 0 Å². The van der Waals surface area contributed by atoms with Crippen molar-refractivity contribution in [2.75, 3.05) is 32.8 Å². The fourth-order valence-electron chi connectivity index (χ4n) is 4.17. The van der Waals surface area contributed by atoms with E-state index < -0.39 is 6.04 Å². The molecular formula is C24H29N3O3. The lowest BCUT2D eigenvalue weighted by molar-refractivity contribution is -0.127. The summed E-state index contributed by atoms with van der Waals surface area (Å²) in [6.45, 7) is 3.54. The van der Waals surface area contributed by atoms with Crippen molar-refractivity contribution in [1.29, 1.82) is 0 Å². The van der Waals surface area contributed by atoms with Gasteiger partial charge in [-0.2, -0.15) is 0 Å². The summed E-state index contributed by atoms with van der Waals surface area (Å²) in [5, 5.41) is 2.83. The van der Waals surface area contributed by atoms with Crippen molar-refractivity contribution in [3.05, 3.63) is 54.6 Å². The molecule has 0 aliphatic carbocycles. The van der Waals surface area contributed by atoms with Crippen LogP contribution in [0, 0.1) is 0 Å². The molecule has 0 spiro atoms. The number of ether oxygens (including phenoxy) is 1. The van der Waals surface area contributed by atoms with E-state index in [1.165, 1.54) is 24.2 Å². The second-order valence-electron chi connectivity index (χ2n) is 7.89. The van der Waals surface area contributed by atoms with Gasteiger partial charge < -0.3 is 15.0 Å². The molecule has 1 unspecified atom stereocenters. The number of carbonyl (C=O) groups is 2. The second-order valence-corrected chi connectivity index (χ2v) is 7.89. The molecule has 1 atom stereocenters. The number of rotatable bonds is 8. The van der Waals surface area contributed by atoms with E-state index in [-0.39, 0.29) is 25.1 Å². The Morgan fingerprint density at radius 2 is 1.63 bits per heavy atom. The average molecular weight is 408 g/mol. The van der Waals surface area contributed by atoms with Crippen LogP contribution in [0.2, 0.25) is 0 Å². The first-order valence-electron chi connectivity index (χ1n) is 10.8. The Kier molecular flexibility index (Phi) is 6.64. The number of amides is 3. The van der Waals surface area contributed by atoms with Gasteiger partial charge in [-0.05, 0) is 44.0 Å². The fourth-order valence-corrected chi connectivity index (χ4v) is 4.17. The summed E-state index contributed by atoms with van der Waals surface area (Å²) in [6, 6.07) is 17.1. The maximum absolute atomic E-state index is 12.7. The summed E-state index contributed by atoms with van der Waals surface area (Å²) in [5.41, 5.74) is 2.07. The number of para-hydroxylation sites is 1. The number of imide groups is 1. The topological polar surface area (TPSA) is 61.9 Å². The van der Waals surface area contributed by atoms with E-state index in [1.807, 2.05) is 54.6 Å². The minimum Gasteiger partial charge on any atom is -0.491 e. The van der Waals surface area contributed by atoms with Crippen LogP contribution in [0.25, 0.3) is 11.1 Å². The summed E-state index contributed by atoms with van der Waals surface area (Å²) in [4.78, 5) is 28.7. The second kappa shape index (κ2) is 9.76. The lowest BCUT2D eigenvalue weighted by atomic mass is 10.1. The third-order valence-corrected chi connectivity index (χ3v) is 5.83. The number of piperidine rings is 1. The van der Waals surface area contributed by atoms with Crippen LogP contribution >= 0.6 is 0 Å². The maximum atomic E-state index is 12.7. The number of urea groups is 1. The minimum absolute atomic E-state index is 0.142. The van der Waals surface area contributed by atoms with Gasteiger partial charge in [-0.1, -0.05) is 55.0 Å². The highest BCUT2D eigenvalue weighted by Gasteiger charge is 2.37. The van der Waals surface area contributed by atoms with Crippen molar-refractivity contribution in [2.24, 2.45) is 0 Å². The Morgan fingerprint density at radius 1 is 0.900 bits per heavy atom. The molecule has 2 heterocycles. The molecule has 3 amide bonds. The predicted octanol–water partition coefficient (Wildman–Crippen LogP) is 3.53. The molecule has 4 rings (SSSR count). The molecule has 2 aliphatic heterocycles. The molecule has 2 aliphatic rings. The Morgan fingerprint density at radius 3 is 2.43 bits per heavy atom. The molecular weight excluding hydrogens is 378 g/mol. The molecule has 2 saturated heterocycles. The first kappa shape index (κ1) is 20.4. The number of carbonyl (C=O) groups excluding carboxylic acids is 2. The van der Waals surface area contributed by atoms with Crippen molar-refractivity contribution >= 4 is 11.9 Å². The fraction of sp³-hybridized carbons (Fsp3) is 0.417. The van der Waals surface area contributed by atoms with Crippen LogP contribution in [0.3, 0.4) is 0 Å². The number of hydrogen-bond acceptors (Lipinski definition) is 4. The van der Waals surface area contributed by atoms with Crippen LogP contribution in [0.1, 0.15) is 25.7 Å². The SMILES string of the molecule is O=C1NC(CCN2CCCCC2)C(=O)N1CCOc1ccccc1-c1ccccc1. The van der Waals surface area contributed by atoms with Gasteiger partial charge in [-0.25, -0.2) is 4.79 Å². The van der Waals surface area contributed by atoms with Gasteiger partial charge in [0.25, 0.3) is 5.91 Å². The van der Waals surface area contributed by atoms with Crippen molar-refractivity contribution in [1.82, 2.24) is 15.1 Å². The lowest BCUT2D eigenvalue weighted by Crippen LogP contribution is -2.37. The summed E-state index contributed by atoms with van der Waals surface area (Å²) in [5.74, 6) is 0.606. The van der Waals surface area contributed by atoms with Crippen molar-refractivity contribution in [2.45, 2.75) is 31.7 Å². The quantitative estimate of drug-likeness (QED) is 0.680. The summed E-state index contributed by atoms with van der Waals surface area (Å²) < 4.78 is 5.96. The van der Waals surface area contributed by atoms with E-state index in [0.717, 1.165) is 36.5 Å². The van der Waals surface area contributed by atoms with Gasteiger partial charge >= 0.3 is 6.03 Å². The van der Waals surface area contributed by atoms with Crippen LogP contribution in [0.15, 0.2) is 54.6 Å². The van der Waals surface area contributed by atoms with Gasteiger partial charge in [0.1, 0.15) is 18.4 Å². The highest BCUT2D eigenvalue weighted by atomic mass is 16.5. The molecule has 6 nitrogen and oxygen atoms in total. The Bertz CT molecular complexity index is 865. The number of nitrogens with one attached hydrogen (secondary N) is 1. The number of nitrogens with zero attached hydrogens (tertiary/aromatic N) is 2. The van der Waals surface area contributed by atoms with E-state index in [9.17, 15) is 9.59 Å². The van der Waals surface area contributed by atoms with Gasteiger partial charge in [0.15, 0.2) is 0 Å². The standard InChI is InChI=1S/C24H29N3O3/c28-23-21(13-16-26-14-7-2-8-15-26)25-24(29)27(23)17-18-30-22-12-6-5-11-20(22)19-9-3-1-4-10-19/h1,3-6,9-12,21H,2,7-8,13-18H2,(H,25,29). The molecule has 0 bridgehead atoms. The Labute approximate surface area is 177 Å². The summed E-state index contributed by atoms with van der Waals surface area (Å²) in [6.07, 6.45) is 4.40. The highest BCUT2D eigenvalue weighted by molar-refractivity contribution is 6.04. The van der Waals surface area contributed by atoms with E-state index in [0.29, 0.717) is 6.42 Å². The zero-order chi connectivity index (χ0) is 20.8. The summed E-state index contributed by atoms with van der Waals surface area (Å²) in [7, 11) is 0. The van der Waals surface area contributed by atoms with E-state index in [4.69, 9.17) is 4.74 Å². The molecule has 2 fully saturated rings. The van der Waals surface area contributed by atoms with Crippen LogP contribution in [0.4, 0.5) is 4.79 Å². The van der Waals surface area contributed by atoms with Gasteiger partial charge in [0.2, 0.25) is 0 Å². The predicted molar refractivity (Wildman–Crippen MR) is 116 cm³/mol. The zero-order valence-corrected chi connectivity index (χ0v) is 17.3. The van der Waals surface area contributed by atoms with Crippen LogP contribution in [-0.4, -0.2) is 60.6 Å². The van der Waals surface area contributed by atoms with Gasteiger partial charge in [0, 0.05) is 12.1 Å². The number of hydrogen-bond donors (Lipinski definition) is 1. The van der Waals surface area contributed by atoms with Crippen LogP contribution in [-0.2, 0) is 4.79 Å². The van der Waals surface area contributed by atoms with Crippen molar-refractivity contribution < 1.29 is 14.3 Å². The first-order valence-corrected chi connectivity index (χ1v) is 10.8. The van der Waals surface area contributed by atoms with E-state index in [2.05, 4.69) is 10.2 Å². The van der Waals surface area contributed by atoms with Crippen LogP contribution < -0.4 is 10.1 Å². The third kappa shape index (κ3) is 4.82. The largest absolute Gasteiger partial charge is 0.491 e. The molecule has 2 aromatic carbocycles. The molecule has 0 saturated carbocycles. The minimum atomic E-state index is -0.420. The molecule has 2 aromatic rings. The lowest BCUT2D eigenvalue weighted by Gasteiger charge is -2.27. The van der Waals surface area contributed by atoms with Gasteiger partial charge in [0.05, 0.1) is 6.54 Å². The molecule has 0 aromatic heterocycles. The first-order chi connectivity index (χ1) is 14.7. The third-order valence-electron chi connectivity index (χ3n) is 5.83. The zero-order valence-electron chi connectivity index (χ0n) is 17.3. The Hall–Kier alpha value is -2.86. The van der Waals surface area contributed by atoms with Crippen molar-refractivity contribution in [3.63, 3.8) is 0 Å². The normalized spacial score (nSPS) is 19.7. The Balaban J connectivity index is 1.30. The van der Waals surface area contributed by atoms with E-state index >= 15 is 0 Å². The van der Waals surface area contributed by atoms with Gasteiger partial charge in [-0.15, -0.1) is 0 Å². The van der Waals surface area contributed by atoms with Crippen molar-refractivity contribution in [3.8, 4) is 16.9 Å². The molecule has 6 heteroatoms. The smallest absolute Gasteiger partial charge is 0.324 e. The summed E-state index contributed by atoms with van der Waals surface area (Å²) >= 11 is 0. The number of likely N-dealkylation sites (tertiary alicyclic amines) is 1.